The molecule has 25 heavy (non-hydrogen) atoms. The third kappa shape index (κ3) is 4.26. The van der Waals surface area contributed by atoms with E-state index in [1.54, 1.807) is 18.2 Å². The van der Waals surface area contributed by atoms with E-state index < -0.39 is 5.97 Å². The minimum Gasteiger partial charge on any atom is -0.488 e. The maximum Gasteiger partial charge on any atom is 0.339 e. The van der Waals surface area contributed by atoms with Gasteiger partial charge in [0.1, 0.15) is 22.2 Å². The Hall–Kier alpha value is -2.64. The van der Waals surface area contributed by atoms with Gasteiger partial charge in [0.05, 0.1) is 4.91 Å². The van der Waals surface area contributed by atoms with Crippen LogP contribution in [0.1, 0.15) is 21.5 Å². The molecule has 1 fully saturated rings. The van der Waals surface area contributed by atoms with E-state index in [9.17, 15) is 14.7 Å². The van der Waals surface area contributed by atoms with Crippen molar-refractivity contribution in [1.82, 2.24) is 5.32 Å². The fourth-order valence-electron chi connectivity index (χ4n) is 2.24. The van der Waals surface area contributed by atoms with E-state index in [0.717, 1.165) is 17.3 Å². The summed E-state index contributed by atoms with van der Waals surface area (Å²) in [6.07, 6.45) is 1.60. The number of ether oxygens (including phenoxy) is 1. The number of thiocarbonyl (C=S) groups is 1. The molecule has 0 unspecified atom stereocenters. The molecule has 0 atom stereocenters. The van der Waals surface area contributed by atoms with Crippen LogP contribution < -0.4 is 10.1 Å². The summed E-state index contributed by atoms with van der Waals surface area (Å²) in [5, 5.41) is 12.0. The van der Waals surface area contributed by atoms with Gasteiger partial charge in [0.2, 0.25) is 0 Å². The highest BCUT2D eigenvalue weighted by Crippen LogP contribution is 2.28. The molecule has 0 spiro atoms. The van der Waals surface area contributed by atoms with Gasteiger partial charge >= 0.3 is 5.97 Å². The number of hydrogen-bond acceptors (Lipinski definition) is 5. The van der Waals surface area contributed by atoms with Crippen molar-refractivity contribution in [3.05, 3.63) is 70.1 Å². The molecule has 1 aliphatic rings. The second-order valence-corrected chi connectivity index (χ2v) is 6.91. The maximum atomic E-state index is 11.7. The maximum absolute atomic E-state index is 11.7. The zero-order chi connectivity index (χ0) is 17.8. The van der Waals surface area contributed by atoms with Crippen molar-refractivity contribution in [3.63, 3.8) is 0 Å². The summed E-state index contributed by atoms with van der Waals surface area (Å²) in [6, 6.07) is 14.3. The highest BCUT2D eigenvalue weighted by atomic mass is 32.2. The van der Waals surface area contributed by atoms with Crippen LogP contribution >= 0.6 is 24.0 Å². The second-order valence-electron chi connectivity index (χ2n) is 5.19. The molecule has 3 rings (SSSR count). The summed E-state index contributed by atoms with van der Waals surface area (Å²) >= 11 is 6.08. The molecular weight excluding hydrogens is 358 g/mol. The summed E-state index contributed by atoms with van der Waals surface area (Å²) < 4.78 is 6.03. The van der Waals surface area contributed by atoms with Gasteiger partial charge in [-0.2, -0.15) is 0 Å². The number of carboxylic acid groups (broad SMARTS) is 1. The van der Waals surface area contributed by atoms with E-state index in [1.165, 1.54) is 6.07 Å². The van der Waals surface area contributed by atoms with Gasteiger partial charge in [-0.15, -0.1) is 0 Å². The van der Waals surface area contributed by atoms with E-state index in [-0.39, 0.29) is 23.8 Å². The van der Waals surface area contributed by atoms with Gasteiger partial charge < -0.3 is 15.2 Å². The van der Waals surface area contributed by atoms with Gasteiger partial charge in [-0.25, -0.2) is 4.79 Å². The van der Waals surface area contributed by atoms with Crippen LogP contribution in [0.2, 0.25) is 0 Å². The number of carboxylic acids is 1. The van der Waals surface area contributed by atoms with Crippen molar-refractivity contribution < 1.29 is 19.4 Å². The van der Waals surface area contributed by atoms with Gasteiger partial charge in [-0.1, -0.05) is 60.4 Å². The van der Waals surface area contributed by atoms with Gasteiger partial charge in [-0.05, 0) is 29.3 Å². The largest absolute Gasteiger partial charge is 0.488 e. The first-order chi connectivity index (χ1) is 12.0. The predicted molar refractivity (Wildman–Crippen MR) is 100 cm³/mol. The van der Waals surface area contributed by atoms with E-state index >= 15 is 0 Å². The quantitative estimate of drug-likeness (QED) is 0.619. The van der Waals surface area contributed by atoms with E-state index in [0.29, 0.717) is 14.8 Å². The van der Waals surface area contributed by atoms with Crippen LogP contribution in [-0.4, -0.2) is 21.3 Å². The molecular formula is C18H13NO4S2. The Balaban J connectivity index is 1.83. The number of aromatic carboxylic acids is 1. The lowest BCUT2D eigenvalue weighted by molar-refractivity contribution is -0.115. The number of amides is 1. The topological polar surface area (TPSA) is 75.6 Å². The number of rotatable bonds is 5. The van der Waals surface area contributed by atoms with Crippen LogP contribution in [0.25, 0.3) is 6.08 Å². The molecule has 0 aliphatic carbocycles. The molecule has 5 nitrogen and oxygen atoms in total. The van der Waals surface area contributed by atoms with E-state index in [1.807, 2.05) is 30.3 Å². The summed E-state index contributed by atoms with van der Waals surface area (Å²) in [5.74, 6) is -1.10. The number of hydrogen-bond donors (Lipinski definition) is 2. The van der Waals surface area contributed by atoms with Crippen molar-refractivity contribution >= 4 is 46.3 Å². The molecule has 2 aromatic rings. The molecule has 0 radical (unpaired) electrons. The lowest BCUT2D eigenvalue weighted by Gasteiger charge is -2.10. The Morgan fingerprint density at radius 1 is 1.24 bits per heavy atom. The first kappa shape index (κ1) is 17.2. The fourth-order valence-corrected chi connectivity index (χ4v) is 3.28. The third-order valence-electron chi connectivity index (χ3n) is 3.41. The van der Waals surface area contributed by atoms with Gasteiger partial charge in [0.15, 0.2) is 0 Å². The summed E-state index contributed by atoms with van der Waals surface area (Å²) in [4.78, 5) is 23.7. The Bertz CT molecular complexity index is 878. The molecule has 2 aromatic carbocycles. The standard InChI is InChI=1S/C18H13NO4S2/c20-16-15(25-18(24)19-16)9-12-6-7-14(13(8-12)17(21)22)23-10-11-4-2-1-3-5-11/h1-9H,10H2,(H,21,22)(H,19,20,24)/b15-9-. The number of benzene rings is 2. The van der Waals surface area contributed by atoms with Crippen LogP contribution in [0, 0.1) is 0 Å². The molecule has 2 N–H and O–H groups in total. The average molecular weight is 371 g/mol. The van der Waals surface area contributed by atoms with Crippen molar-refractivity contribution in [2.75, 3.05) is 0 Å². The van der Waals surface area contributed by atoms with Crippen LogP contribution in [0.5, 0.6) is 5.75 Å². The number of thioether (sulfide) groups is 1. The average Bonchev–Trinajstić information content (AvgIpc) is 2.91. The lowest BCUT2D eigenvalue weighted by atomic mass is 10.1. The molecule has 1 amide bonds. The van der Waals surface area contributed by atoms with E-state index in [2.05, 4.69) is 5.32 Å². The van der Waals surface area contributed by atoms with Gasteiger partial charge in [0.25, 0.3) is 5.91 Å². The minimum atomic E-state index is -1.10. The second kappa shape index (κ2) is 7.50. The molecule has 1 aliphatic heterocycles. The monoisotopic (exact) mass is 371 g/mol. The summed E-state index contributed by atoms with van der Waals surface area (Å²) in [7, 11) is 0. The van der Waals surface area contributed by atoms with Crippen LogP contribution in [0.15, 0.2) is 53.4 Å². The van der Waals surface area contributed by atoms with Crippen molar-refractivity contribution in [2.24, 2.45) is 0 Å². The van der Waals surface area contributed by atoms with Gasteiger partial charge in [0, 0.05) is 0 Å². The minimum absolute atomic E-state index is 0.0382. The van der Waals surface area contributed by atoms with Crippen molar-refractivity contribution in [1.29, 1.82) is 0 Å². The summed E-state index contributed by atoms with van der Waals surface area (Å²) in [6.45, 7) is 0.272. The Kier molecular flexibility index (Phi) is 5.16. The van der Waals surface area contributed by atoms with Crippen molar-refractivity contribution in [3.8, 4) is 5.75 Å². The molecule has 126 valence electrons. The predicted octanol–water partition coefficient (Wildman–Crippen LogP) is 3.45. The highest BCUT2D eigenvalue weighted by molar-refractivity contribution is 8.26. The third-order valence-corrected chi connectivity index (χ3v) is 4.57. The first-order valence-electron chi connectivity index (χ1n) is 7.32. The zero-order valence-electron chi connectivity index (χ0n) is 12.9. The lowest BCUT2D eigenvalue weighted by Crippen LogP contribution is -2.17. The first-order valence-corrected chi connectivity index (χ1v) is 8.54. The number of nitrogens with one attached hydrogen (secondary N) is 1. The fraction of sp³-hybridized carbons (Fsp3) is 0.0556. The molecule has 7 heteroatoms. The van der Waals surface area contributed by atoms with Crippen LogP contribution in [-0.2, 0) is 11.4 Å². The molecule has 0 bridgehead atoms. The smallest absolute Gasteiger partial charge is 0.339 e. The van der Waals surface area contributed by atoms with E-state index in [4.69, 9.17) is 17.0 Å². The molecule has 1 saturated heterocycles. The SMILES string of the molecule is O=C1NC(=S)S/C1=C\c1ccc(OCc2ccccc2)c(C(=O)O)c1. The molecule has 0 saturated carbocycles. The normalized spacial score (nSPS) is 15.3. The Morgan fingerprint density at radius 3 is 2.64 bits per heavy atom. The zero-order valence-corrected chi connectivity index (χ0v) is 14.5. The highest BCUT2D eigenvalue weighted by Gasteiger charge is 2.22. The van der Waals surface area contributed by atoms with Crippen molar-refractivity contribution in [2.45, 2.75) is 6.61 Å². The molecule has 0 aromatic heterocycles. The van der Waals surface area contributed by atoms with Crippen LogP contribution in [0.3, 0.4) is 0 Å². The Labute approximate surface area is 153 Å². The Morgan fingerprint density at radius 2 is 2.00 bits per heavy atom. The van der Waals surface area contributed by atoms with Crippen LogP contribution in [0.4, 0.5) is 0 Å². The molecule has 1 heterocycles. The van der Waals surface area contributed by atoms with Gasteiger partial charge in [-0.3, -0.25) is 4.79 Å². The summed E-state index contributed by atoms with van der Waals surface area (Å²) in [5.41, 5.74) is 1.57. The number of carbonyl (C=O) groups is 2. The number of carbonyl (C=O) groups excluding carboxylic acids is 1.